The van der Waals surface area contributed by atoms with E-state index in [0.29, 0.717) is 22.4 Å². The smallest absolute Gasteiger partial charge is 0.258 e. The molecular formula is C20H18F2N6O. The summed E-state index contributed by atoms with van der Waals surface area (Å²) in [6.45, 7) is 0. The van der Waals surface area contributed by atoms with Gasteiger partial charge in [-0.25, -0.2) is 14.6 Å². The number of nitrogens with zero attached hydrogens (tertiary/aromatic N) is 3. The van der Waals surface area contributed by atoms with Crippen LogP contribution in [0.15, 0.2) is 65.9 Å². The van der Waals surface area contributed by atoms with Gasteiger partial charge in [0.1, 0.15) is 11.6 Å². The first-order valence-electron chi connectivity index (χ1n) is 8.49. The van der Waals surface area contributed by atoms with Gasteiger partial charge in [0.05, 0.1) is 11.3 Å². The van der Waals surface area contributed by atoms with Crippen LogP contribution in [0.2, 0.25) is 0 Å². The Morgan fingerprint density at radius 1 is 1.00 bits per heavy atom. The maximum atomic E-state index is 13.5. The minimum Gasteiger partial charge on any atom is -0.320 e. The lowest BCUT2D eigenvalue weighted by Gasteiger charge is -2.17. The predicted molar refractivity (Wildman–Crippen MR) is 106 cm³/mol. The monoisotopic (exact) mass is 396 g/mol. The number of nitrogens with two attached hydrogens (primary N) is 2. The quantitative estimate of drug-likeness (QED) is 0.273. The maximum absolute atomic E-state index is 13.5. The van der Waals surface area contributed by atoms with Crippen molar-refractivity contribution in [1.29, 1.82) is 0 Å². The van der Waals surface area contributed by atoms with Crippen molar-refractivity contribution in [3.8, 4) is 22.4 Å². The van der Waals surface area contributed by atoms with Crippen LogP contribution in [-0.2, 0) is 0 Å². The van der Waals surface area contributed by atoms with E-state index >= 15 is 0 Å². The van der Waals surface area contributed by atoms with E-state index in [-0.39, 0.29) is 11.5 Å². The van der Waals surface area contributed by atoms with Crippen molar-refractivity contribution in [1.82, 2.24) is 15.3 Å². The van der Waals surface area contributed by atoms with E-state index in [2.05, 4.69) is 15.4 Å². The van der Waals surface area contributed by atoms with Crippen LogP contribution in [-0.4, -0.2) is 28.9 Å². The third kappa shape index (κ3) is 4.36. The molecule has 29 heavy (non-hydrogen) atoms. The van der Waals surface area contributed by atoms with Gasteiger partial charge in [-0.2, -0.15) is 0 Å². The number of hydrogen-bond acceptors (Lipinski definition) is 5. The Morgan fingerprint density at radius 2 is 1.55 bits per heavy atom. The first-order chi connectivity index (χ1) is 13.9. The van der Waals surface area contributed by atoms with E-state index in [1.807, 2.05) is 0 Å². The summed E-state index contributed by atoms with van der Waals surface area (Å²) in [6.07, 6.45) is 1.45. The standard InChI is InChI=1S/C20H18F2N6O/c1-28(24)20(27-23)26-19(29)16-10-11-25-18(13-4-8-15(22)9-5-13)17(16)12-2-6-14(21)7-3-12/h2-11H,23-24H2,1H3,(H,26,27,29). The molecule has 0 radical (unpaired) electrons. The molecule has 5 N–H and O–H groups in total. The number of aromatic nitrogens is 1. The zero-order chi connectivity index (χ0) is 21.0. The zero-order valence-corrected chi connectivity index (χ0v) is 15.4. The highest BCUT2D eigenvalue weighted by atomic mass is 19.1. The predicted octanol–water partition coefficient (Wildman–Crippen LogP) is 2.46. The summed E-state index contributed by atoms with van der Waals surface area (Å²) in [7, 11) is 1.46. The van der Waals surface area contributed by atoms with Crippen LogP contribution in [0, 0.1) is 11.6 Å². The van der Waals surface area contributed by atoms with E-state index < -0.39 is 17.5 Å². The fraction of sp³-hybridized carbons (Fsp3) is 0.0500. The minimum atomic E-state index is -0.545. The molecule has 3 rings (SSSR count). The molecule has 0 aliphatic heterocycles. The van der Waals surface area contributed by atoms with Crippen molar-refractivity contribution >= 4 is 11.9 Å². The largest absolute Gasteiger partial charge is 0.320 e. The SMILES string of the molecule is CN(N)/C(=N\N)NC(=O)c1ccnc(-c2ccc(F)cc2)c1-c1ccc(F)cc1. The van der Waals surface area contributed by atoms with Crippen molar-refractivity contribution in [2.24, 2.45) is 16.8 Å². The molecule has 9 heteroatoms. The number of benzene rings is 2. The van der Waals surface area contributed by atoms with Gasteiger partial charge in [0.15, 0.2) is 0 Å². The Bertz CT molecular complexity index is 1050. The number of rotatable bonds is 3. The number of pyridine rings is 1. The molecule has 0 fully saturated rings. The van der Waals surface area contributed by atoms with Gasteiger partial charge >= 0.3 is 0 Å². The third-order valence-electron chi connectivity index (χ3n) is 4.13. The second-order valence-corrected chi connectivity index (χ2v) is 6.11. The Hall–Kier alpha value is -3.85. The van der Waals surface area contributed by atoms with Crippen molar-refractivity contribution in [2.75, 3.05) is 7.05 Å². The molecule has 0 atom stereocenters. The molecule has 1 heterocycles. The van der Waals surface area contributed by atoms with Crippen molar-refractivity contribution in [3.63, 3.8) is 0 Å². The summed E-state index contributed by atoms with van der Waals surface area (Å²) in [5.74, 6) is 9.43. The molecule has 0 unspecified atom stereocenters. The van der Waals surface area contributed by atoms with Crippen LogP contribution in [0.4, 0.5) is 8.78 Å². The number of hydrazone groups is 1. The Balaban J connectivity index is 2.18. The van der Waals surface area contributed by atoms with Crippen LogP contribution < -0.4 is 17.0 Å². The summed E-state index contributed by atoms with van der Waals surface area (Å²) < 4.78 is 26.8. The molecule has 3 aromatic rings. The molecule has 148 valence electrons. The number of carbonyl (C=O) groups excluding carboxylic acids is 1. The lowest BCUT2D eigenvalue weighted by molar-refractivity contribution is 0.0973. The van der Waals surface area contributed by atoms with E-state index in [1.165, 1.54) is 55.7 Å². The summed E-state index contributed by atoms with van der Waals surface area (Å²) >= 11 is 0. The number of amides is 1. The molecule has 0 aliphatic carbocycles. The number of halogens is 2. The molecular weight excluding hydrogens is 378 g/mol. The van der Waals surface area contributed by atoms with Crippen molar-refractivity contribution < 1.29 is 13.6 Å². The average molecular weight is 396 g/mol. The first kappa shape index (κ1) is 19.9. The summed E-state index contributed by atoms with van der Waals surface area (Å²) in [5.41, 5.74) is 2.23. The third-order valence-corrected chi connectivity index (χ3v) is 4.13. The summed E-state index contributed by atoms with van der Waals surface area (Å²) in [4.78, 5) is 17.3. The highest BCUT2D eigenvalue weighted by Crippen LogP contribution is 2.33. The molecule has 0 aliphatic rings. The molecule has 1 aromatic heterocycles. The zero-order valence-electron chi connectivity index (χ0n) is 15.4. The van der Waals surface area contributed by atoms with Crippen LogP contribution in [0.1, 0.15) is 10.4 Å². The number of hydrogen-bond donors (Lipinski definition) is 3. The van der Waals surface area contributed by atoms with Crippen LogP contribution in [0.5, 0.6) is 0 Å². The number of hydrazine groups is 1. The van der Waals surface area contributed by atoms with Gasteiger partial charge in [-0.15, -0.1) is 5.10 Å². The molecule has 7 nitrogen and oxygen atoms in total. The molecule has 0 spiro atoms. The van der Waals surface area contributed by atoms with Crippen molar-refractivity contribution in [2.45, 2.75) is 0 Å². The fourth-order valence-electron chi connectivity index (χ4n) is 2.77. The Kier molecular flexibility index (Phi) is 5.79. The molecule has 0 saturated heterocycles. The second-order valence-electron chi connectivity index (χ2n) is 6.11. The van der Waals surface area contributed by atoms with Gasteiger partial charge in [0.25, 0.3) is 5.91 Å². The van der Waals surface area contributed by atoms with E-state index in [9.17, 15) is 13.6 Å². The Labute approximate surface area is 165 Å². The molecule has 2 aromatic carbocycles. The van der Waals surface area contributed by atoms with E-state index in [0.717, 1.165) is 5.01 Å². The number of guanidine groups is 1. The average Bonchev–Trinajstić information content (AvgIpc) is 2.72. The van der Waals surface area contributed by atoms with E-state index in [1.54, 1.807) is 12.1 Å². The van der Waals surface area contributed by atoms with Gasteiger partial charge in [-0.3, -0.25) is 20.1 Å². The van der Waals surface area contributed by atoms with Crippen LogP contribution >= 0.6 is 0 Å². The fourth-order valence-corrected chi connectivity index (χ4v) is 2.77. The normalized spacial score (nSPS) is 11.2. The maximum Gasteiger partial charge on any atom is 0.258 e. The summed E-state index contributed by atoms with van der Waals surface area (Å²) in [5, 5.41) is 7.01. The van der Waals surface area contributed by atoms with Gasteiger partial charge in [0, 0.05) is 24.4 Å². The van der Waals surface area contributed by atoms with Gasteiger partial charge < -0.3 is 5.84 Å². The minimum absolute atomic E-state index is 0.0554. The topological polar surface area (TPSA) is 110 Å². The highest BCUT2D eigenvalue weighted by Gasteiger charge is 2.20. The lowest BCUT2D eigenvalue weighted by atomic mass is 9.94. The van der Waals surface area contributed by atoms with E-state index in [4.69, 9.17) is 11.7 Å². The van der Waals surface area contributed by atoms with Gasteiger partial charge in [-0.1, -0.05) is 12.1 Å². The number of carbonyl (C=O) groups is 1. The highest BCUT2D eigenvalue weighted by molar-refractivity contribution is 6.10. The molecule has 0 bridgehead atoms. The van der Waals surface area contributed by atoms with Crippen LogP contribution in [0.3, 0.4) is 0 Å². The Morgan fingerprint density at radius 3 is 2.07 bits per heavy atom. The number of nitrogens with one attached hydrogen (secondary N) is 1. The molecule has 0 saturated carbocycles. The lowest BCUT2D eigenvalue weighted by Crippen LogP contribution is -2.46. The second kappa shape index (κ2) is 8.44. The van der Waals surface area contributed by atoms with Crippen molar-refractivity contribution in [3.05, 3.63) is 78.0 Å². The van der Waals surface area contributed by atoms with Crippen LogP contribution in [0.25, 0.3) is 22.4 Å². The molecule has 1 amide bonds. The van der Waals surface area contributed by atoms with Gasteiger partial charge in [0.2, 0.25) is 5.96 Å². The van der Waals surface area contributed by atoms with Gasteiger partial charge in [-0.05, 0) is 48.0 Å². The summed E-state index contributed by atoms with van der Waals surface area (Å²) in [6, 6.07) is 12.8. The first-order valence-corrected chi connectivity index (χ1v) is 8.49.